The zero-order chi connectivity index (χ0) is 33.6. The number of ether oxygens (including phenoxy) is 1. The molecule has 1 fully saturated rings. The van der Waals surface area contributed by atoms with Crippen LogP contribution in [-0.4, -0.2) is 87.6 Å². The molecule has 1 aliphatic heterocycles. The van der Waals surface area contributed by atoms with Gasteiger partial charge in [-0.2, -0.15) is 31.0 Å². The smallest absolute Gasteiger partial charge is 0.382 e. The Morgan fingerprint density at radius 3 is 2.43 bits per heavy atom. The molecule has 0 unspecified atom stereocenters. The molecule has 0 aliphatic carbocycles. The van der Waals surface area contributed by atoms with Crippen LogP contribution in [0.1, 0.15) is 35.9 Å². The molecule has 5 rings (SSSR count). The van der Waals surface area contributed by atoms with Crippen LogP contribution in [-0.2, 0) is 24.0 Å². The van der Waals surface area contributed by atoms with E-state index in [1.165, 1.54) is 29.2 Å². The average Bonchev–Trinajstić information content (AvgIpc) is 3.53. The normalized spacial score (nSPS) is 16.1. The van der Waals surface area contributed by atoms with Crippen LogP contribution in [0.5, 0.6) is 0 Å². The fourth-order valence-electron chi connectivity index (χ4n) is 4.76. The predicted molar refractivity (Wildman–Crippen MR) is 148 cm³/mol. The van der Waals surface area contributed by atoms with Crippen molar-refractivity contribution in [2.45, 2.75) is 51.0 Å². The molecule has 12 nitrogen and oxygen atoms in total. The third-order valence-electron chi connectivity index (χ3n) is 6.90. The molecule has 1 amide bonds. The molecule has 1 atom stereocenters. The van der Waals surface area contributed by atoms with Crippen molar-refractivity contribution in [3.8, 4) is 17.2 Å². The van der Waals surface area contributed by atoms with Gasteiger partial charge in [0.05, 0.1) is 18.8 Å². The van der Waals surface area contributed by atoms with Gasteiger partial charge in [-0.1, -0.05) is 11.6 Å². The lowest BCUT2D eigenvalue weighted by Gasteiger charge is -2.37. The summed E-state index contributed by atoms with van der Waals surface area (Å²) in [4.78, 5) is 36.3. The molecule has 19 heteroatoms. The van der Waals surface area contributed by atoms with Gasteiger partial charge in [-0.25, -0.2) is 19.4 Å². The topological polar surface area (TPSA) is 133 Å². The first-order valence-corrected chi connectivity index (χ1v) is 13.9. The number of morpholine rings is 1. The van der Waals surface area contributed by atoms with E-state index in [1.54, 1.807) is 13.8 Å². The van der Waals surface area contributed by atoms with Crippen LogP contribution in [0.3, 0.4) is 0 Å². The molecule has 1 saturated heterocycles. The molecule has 0 radical (unpaired) electrons. The van der Waals surface area contributed by atoms with E-state index in [2.05, 4.69) is 20.2 Å². The van der Waals surface area contributed by atoms with Gasteiger partial charge in [0.25, 0.3) is 5.91 Å². The van der Waals surface area contributed by atoms with Gasteiger partial charge in [0.15, 0.2) is 23.6 Å². The summed E-state index contributed by atoms with van der Waals surface area (Å²) in [5, 5.41) is 18.2. The Morgan fingerprint density at radius 2 is 1.80 bits per heavy atom. The Kier molecular flexibility index (Phi) is 8.73. The first-order chi connectivity index (χ1) is 21.4. The lowest BCUT2D eigenvalue weighted by Crippen LogP contribution is -2.51. The van der Waals surface area contributed by atoms with Crippen molar-refractivity contribution in [3.05, 3.63) is 75.3 Å². The maximum Gasteiger partial charge on any atom is 0.420 e. The highest BCUT2D eigenvalue weighted by atomic mass is 35.5. The van der Waals surface area contributed by atoms with Crippen molar-refractivity contribution in [1.29, 1.82) is 0 Å². The number of aromatic nitrogens is 7. The number of carbonyl (C=O) groups excluding carboxylic acids is 1. The largest absolute Gasteiger partial charge is 0.420 e. The fourth-order valence-corrected chi connectivity index (χ4v) is 4.88. The van der Waals surface area contributed by atoms with E-state index in [1.807, 2.05) is 0 Å². The number of carbonyl (C=O) groups is 1. The fraction of sp³-hybridized carbons (Fsp3) is 0.407. The first kappa shape index (κ1) is 33.1. The van der Waals surface area contributed by atoms with Gasteiger partial charge in [0, 0.05) is 29.9 Å². The molecule has 46 heavy (non-hydrogen) atoms. The van der Waals surface area contributed by atoms with Gasteiger partial charge in [0.2, 0.25) is 5.82 Å². The van der Waals surface area contributed by atoms with Crippen molar-refractivity contribution >= 4 is 17.5 Å². The number of hydrogen-bond acceptors (Lipinski definition) is 8. The van der Waals surface area contributed by atoms with Crippen molar-refractivity contribution in [2.24, 2.45) is 0 Å². The number of rotatable bonds is 7. The van der Waals surface area contributed by atoms with E-state index in [4.69, 9.17) is 16.3 Å². The van der Waals surface area contributed by atoms with Crippen LogP contribution in [0.2, 0.25) is 5.02 Å². The zero-order valence-corrected chi connectivity index (χ0v) is 24.8. The summed E-state index contributed by atoms with van der Waals surface area (Å²) in [6.45, 7) is 1.85. The molecule has 246 valence electrons. The number of hydrogen-bond donors (Lipinski definition) is 1. The second kappa shape index (κ2) is 12.1. The highest BCUT2D eigenvalue weighted by Crippen LogP contribution is 2.33. The Morgan fingerprint density at radius 1 is 1.11 bits per heavy atom. The molecule has 1 aliphatic rings. The number of amides is 1. The van der Waals surface area contributed by atoms with Crippen molar-refractivity contribution < 1.29 is 41.0 Å². The number of halogens is 7. The Balaban J connectivity index is 1.61. The van der Waals surface area contributed by atoms with E-state index < -0.39 is 65.9 Å². The van der Waals surface area contributed by atoms with Crippen LogP contribution in [0.25, 0.3) is 17.2 Å². The summed E-state index contributed by atoms with van der Waals surface area (Å²) < 4.78 is 89.1. The number of pyridine rings is 1. The second-order valence-corrected chi connectivity index (χ2v) is 11.3. The van der Waals surface area contributed by atoms with Gasteiger partial charge < -0.3 is 14.7 Å². The third-order valence-corrected chi connectivity index (χ3v) is 7.15. The molecule has 0 saturated carbocycles. The summed E-state index contributed by atoms with van der Waals surface area (Å²) in [6.07, 6.45) is -11.8. The van der Waals surface area contributed by atoms with E-state index in [0.717, 1.165) is 18.3 Å². The number of aliphatic hydroxyl groups is 1. The van der Waals surface area contributed by atoms with Gasteiger partial charge in [0.1, 0.15) is 12.1 Å². The average molecular weight is 675 g/mol. The number of alkyl halides is 6. The Hall–Kier alpha value is -4.29. The lowest BCUT2D eigenvalue weighted by atomic mass is 10.1. The van der Waals surface area contributed by atoms with Crippen LogP contribution in [0.4, 0.5) is 26.3 Å². The standard InChI is InChI=1S/C27H25ClF6N8O4/c1-25(2)14-39(10-11-46-25)23(44)22-36-19(37-42(22)21-17(26(29,30)31)4-3-9-35-21)13-41-24(45)40(12-18(43)27(32,33)34)20(38-41)15-5-7-16(28)8-6-15/h3-9,18,43H,10-14H2,1-2H3/t18-/m0/s1. The highest BCUT2D eigenvalue weighted by Gasteiger charge is 2.40. The monoisotopic (exact) mass is 674 g/mol. The van der Waals surface area contributed by atoms with E-state index in [-0.39, 0.29) is 41.9 Å². The van der Waals surface area contributed by atoms with Crippen LogP contribution < -0.4 is 5.69 Å². The zero-order valence-electron chi connectivity index (χ0n) is 24.0. The molecule has 1 aromatic carbocycles. The second-order valence-electron chi connectivity index (χ2n) is 10.9. The number of aliphatic hydroxyl groups excluding tert-OH is 1. The number of benzene rings is 1. The molecular formula is C27H25ClF6N8O4. The highest BCUT2D eigenvalue weighted by molar-refractivity contribution is 6.30. The minimum Gasteiger partial charge on any atom is -0.382 e. The Bertz CT molecular complexity index is 1800. The van der Waals surface area contributed by atoms with Crippen molar-refractivity contribution in [2.75, 3.05) is 19.7 Å². The lowest BCUT2D eigenvalue weighted by molar-refractivity contribution is -0.207. The Labute approximate surface area is 260 Å². The summed E-state index contributed by atoms with van der Waals surface area (Å²) in [6, 6.07) is 7.38. The molecule has 4 heterocycles. The summed E-state index contributed by atoms with van der Waals surface area (Å²) in [5.41, 5.74) is -2.96. The molecule has 4 aromatic rings. The summed E-state index contributed by atoms with van der Waals surface area (Å²) >= 11 is 5.92. The molecule has 3 aromatic heterocycles. The third kappa shape index (κ3) is 6.92. The SMILES string of the molecule is CC1(C)CN(C(=O)c2nc(Cn3nc(-c4ccc(Cl)cc4)n(C[C@H](O)C(F)(F)F)c3=O)nn2-c2ncccc2C(F)(F)F)CCO1. The molecule has 1 N–H and O–H groups in total. The van der Waals surface area contributed by atoms with Gasteiger partial charge in [-0.3, -0.25) is 9.36 Å². The van der Waals surface area contributed by atoms with Crippen molar-refractivity contribution in [1.82, 2.24) is 39.0 Å². The maximum atomic E-state index is 14.0. The van der Waals surface area contributed by atoms with Gasteiger partial charge in [-0.05, 0) is 50.2 Å². The van der Waals surface area contributed by atoms with Gasteiger partial charge in [-0.15, -0.1) is 10.2 Å². The van der Waals surface area contributed by atoms with Crippen LogP contribution >= 0.6 is 11.6 Å². The van der Waals surface area contributed by atoms with Crippen LogP contribution in [0.15, 0.2) is 47.4 Å². The van der Waals surface area contributed by atoms with E-state index in [0.29, 0.717) is 13.9 Å². The first-order valence-electron chi connectivity index (χ1n) is 13.5. The predicted octanol–water partition coefficient (Wildman–Crippen LogP) is 3.58. The molecule has 0 spiro atoms. The minimum absolute atomic E-state index is 0.0677. The summed E-state index contributed by atoms with van der Waals surface area (Å²) in [5.74, 6) is -2.78. The number of nitrogens with zero attached hydrogens (tertiary/aromatic N) is 8. The molecular weight excluding hydrogens is 650 g/mol. The minimum atomic E-state index is -5.07. The van der Waals surface area contributed by atoms with E-state index >= 15 is 0 Å². The molecule has 0 bridgehead atoms. The maximum absolute atomic E-state index is 14.0. The van der Waals surface area contributed by atoms with Crippen molar-refractivity contribution in [3.63, 3.8) is 0 Å². The quantitative estimate of drug-likeness (QED) is 0.294. The van der Waals surface area contributed by atoms with Crippen LogP contribution in [0, 0.1) is 0 Å². The van der Waals surface area contributed by atoms with E-state index in [9.17, 15) is 41.0 Å². The van der Waals surface area contributed by atoms with Gasteiger partial charge >= 0.3 is 18.0 Å². The summed E-state index contributed by atoms with van der Waals surface area (Å²) in [7, 11) is 0.